The minimum atomic E-state index is -0.876. The van der Waals surface area contributed by atoms with Crippen LogP contribution < -0.4 is 10.5 Å². The van der Waals surface area contributed by atoms with Gasteiger partial charge in [-0.15, -0.1) is 0 Å². The van der Waals surface area contributed by atoms with Crippen molar-refractivity contribution in [1.29, 1.82) is 0 Å². The van der Waals surface area contributed by atoms with Gasteiger partial charge in [-0.2, -0.15) is 0 Å². The first-order valence-corrected chi connectivity index (χ1v) is 8.95. The van der Waals surface area contributed by atoms with Gasteiger partial charge in [0.15, 0.2) is 5.03 Å². The Morgan fingerprint density at radius 2 is 2.07 bits per heavy atom. The number of nitrogens with one attached hydrogen (secondary N) is 1. The van der Waals surface area contributed by atoms with Crippen LogP contribution in [0, 0.1) is 10.1 Å². The fraction of sp³-hybridized carbons (Fsp3) is 0.368. The number of carbonyl (C=O) groups excluding carboxylic acids is 1. The topological polar surface area (TPSA) is 110 Å². The van der Waals surface area contributed by atoms with Crippen molar-refractivity contribution in [2.24, 2.45) is 0 Å². The number of H-pyrrole nitrogens is 1. The first-order valence-electron chi connectivity index (χ1n) is 8.95. The van der Waals surface area contributed by atoms with E-state index in [0.717, 1.165) is 24.8 Å². The lowest BCUT2D eigenvalue weighted by Gasteiger charge is -2.11. The highest BCUT2D eigenvalue weighted by Gasteiger charge is 2.28. The number of fused-ring (bicyclic) bond motifs is 3. The normalized spacial score (nSPS) is 11.1. The van der Waals surface area contributed by atoms with E-state index in [2.05, 4.69) is 11.9 Å². The van der Waals surface area contributed by atoms with Crippen molar-refractivity contribution < 1.29 is 14.6 Å². The zero-order chi connectivity index (χ0) is 20.6. The molecule has 0 atom stereocenters. The largest absolute Gasteiger partial charge is 0.465 e. The van der Waals surface area contributed by atoms with Crippen LogP contribution in [-0.4, -0.2) is 41.9 Å². The number of ether oxygens (including phenoxy) is 1. The van der Waals surface area contributed by atoms with E-state index in [9.17, 15) is 19.7 Å². The SMILES string of the molecule is CCCCc1ccc2c(c1)c1[nH]c(N(C)C)c(C(=O)OC)c1c(=O)n2[N+](=O)[O-]. The Hall–Kier alpha value is -3.36. The summed E-state index contributed by atoms with van der Waals surface area (Å²) in [6, 6.07) is 5.21. The fourth-order valence-electron chi connectivity index (χ4n) is 3.42. The first-order chi connectivity index (χ1) is 13.3. The van der Waals surface area contributed by atoms with Gasteiger partial charge in [0, 0.05) is 19.5 Å². The molecule has 9 nitrogen and oxygen atoms in total. The van der Waals surface area contributed by atoms with Gasteiger partial charge in [-0.05, 0) is 35.2 Å². The number of rotatable bonds is 6. The summed E-state index contributed by atoms with van der Waals surface area (Å²) >= 11 is 0. The molecule has 0 aliphatic carbocycles. The molecule has 0 saturated heterocycles. The zero-order valence-electron chi connectivity index (χ0n) is 16.2. The molecule has 148 valence electrons. The fourth-order valence-corrected chi connectivity index (χ4v) is 3.42. The Bertz CT molecular complexity index is 1140. The molecule has 2 heterocycles. The van der Waals surface area contributed by atoms with Gasteiger partial charge in [-0.25, -0.2) is 14.9 Å². The number of carbonyl (C=O) groups is 1. The zero-order valence-corrected chi connectivity index (χ0v) is 16.2. The molecule has 1 N–H and O–H groups in total. The average molecular weight is 386 g/mol. The molecule has 3 rings (SSSR count). The molecule has 0 radical (unpaired) electrons. The molecule has 0 bridgehead atoms. The van der Waals surface area contributed by atoms with E-state index in [4.69, 9.17) is 4.74 Å². The molecule has 9 heteroatoms. The van der Waals surface area contributed by atoms with E-state index >= 15 is 0 Å². The second kappa shape index (κ2) is 7.34. The predicted molar refractivity (Wildman–Crippen MR) is 107 cm³/mol. The molecule has 3 aromatic rings. The summed E-state index contributed by atoms with van der Waals surface area (Å²) in [6.07, 6.45) is 2.81. The van der Waals surface area contributed by atoms with Crippen molar-refractivity contribution in [3.63, 3.8) is 0 Å². The first kappa shape index (κ1) is 19.4. The number of pyridine rings is 1. The summed E-state index contributed by atoms with van der Waals surface area (Å²) in [6.45, 7) is 2.08. The molecule has 1 aromatic carbocycles. The van der Waals surface area contributed by atoms with Gasteiger partial charge >= 0.3 is 11.5 Å². The summed E-state index contributed by atoms with van der Waals surface area (Å²) in [4.78, 5) is 41.8. The third-order valence-corrected chi connectivity index (χ3v) is 4.76. The molecule has 0 aliphatic rings. The van der Waals surface area contributed by atoms with Gasteiger partial charge in [-0.3, -0.25) is 4.79 Å². The molecule has 0 spiro atoms. The van der Waals surface area contributed by atoms with E-state index in [0.29, 0.717) is 21.4 Å². The van der Waals surface area contributed by atoms with Crippen molar-refractivity contribution in [2.45, 2.75) is 26.2 Å². The third-order valence-electron chi connectivity index (χ3n) is 4.76. The molecule has 0 unspecified atom stereocenters. The number of nitro groups is 1. The quantitative estimate of drug-likeness (QED) is 0.396. The van der Waals surface area contributed by atoms with Crippen LogP contribution in [0.4, 0.5) is 5.82 Å². The lowest BCUT2D eigenvalue weighted by Crippen LogP contribution is -2.27. The highest BCUT2D eigenvalue weighted by Crippen LogP contribution is 2.32. The van der Waals surface area contributed by atoms with Gasteiger partial charge in [0.05, 0.1) is 18.0 Å². The number of hydrogen-bond acceptors (Lipinski definition) is 6. The minimum Gasteiger partial charge on any atom is -0.465 e. The number of benzene rings is 1. The molecule has 0 aliphatic heterocycles. The number of nitrogens with zero attached hydrogens (tertiary/aromatic N) is 3. The number of anilines is 1. The van der Waals surface area contributed by atoms with Crippen molar-refractivity contribution >= 4 is 33.6 Å². The van der Waals surface area contributed by atoms with Crippen molar-refractivity contribution in [3.8, 4) is 0 Å². The number of aromatic amines is 1. The molecular formula is C19H22N4O5. The Kier molecular flexibility index (Phi) is 5.08. The van der Waals surface area contributed by atoms with Crippen molar-refractivity contribution in [2.75, 3.05) is 26.1 Å². The van der Waals surface area contributed by atoms with Gasteiger partial charge in [0.25, 0.3) is 0 Å². The van der Waals surface area contributed by atoms with E-state index in [1.165, 1.54) is 7.11 Å². The number of unbranched alkanes of at least 4 members (excludes halogenated alkanes) is 1. The molecule has 0 fully saturated rings. The van der Waals surface area contributed by atoms with Gasteiger partial charge in [0.1, 0.15) is 16.9 Å². The third kappa shape index (κ3) is 2.98. The molecule has 2 aromatic heterocycles. The predicted octanol–water partition coefficient (Wildman–Crippen LogP) is 2.72. The van der Waals surface area contributed by atoms with Crippen molar-refractivity contribution in [1.82, 2.24) is 9.66 Å². The van der Waals surface area contributed by atoms with Crippen LogP contribution in [-0.2, 0) is 11.2 Å². The van der Waals surface area contributed by atoms with Crippen LogP contribution in [0.1, 0.15) is 35.7 Å². The van der Waals surface area contributed by atoms with E-state index < -0.39 is 16.6 Å². The van der Waals surface area contributed by atoms with Crippen LogP contribution in [0.2, 0.25) is 0 Å². The highest BCUT2D eigenvalue weighted by molar-refractivity contribution is 6.15. The van der Waals surface area contributed by atoms with Crippen LogP contribution in [0.15, 0.2) is 23.0 Å². The maximum atomic E-state index is 13.0. The van der Waals surface area contributed by atoms with E-state index in [-0.39, 0.29) is 16.5 Å². The Labute approximate surface area is 160 Å². The van der Waals surface area contributed by atoms with Gasteiger partial charge in [0.2, 0.25) is 0 Å². The maximum absolute atomic E-state index is 13.0. The molecule has 28 heavy (non-hydrogen) atoms. The lowest BCUT2D eigenvalue weighted by molar-refractivity contribution is -0.540. The van der Waals surface area contributed by atoms with Gasteiger partial charge < -0.3 is 14.6 Å². The highest BCUT2D eigenvalue weighted by atomic mass is 16.7. The Morgan fingerprint density at radius 3 is 2.64 bits per heavy atom. The van der Waals surface area contributed by atoms with Crippen LogP contribution in [0.25, 0.3) is 21.8 Å². The summed E-state index contributed by atoms with van der Waals surface area (Å²) < 4.78 is 5.32. The summed E-state index contributed by atoms with van der Waals surface area (Å²) in [5.41, 5.74) is 0.679. The smallest absolute Gasteiger partial charge is 0.342 e. The summed E-state index contributed by atoms with van der Waals surface area (Å²) in [5, 5.41) is 11.4. The Morgan fingerprint density at radius 1 is 1.36 bits per heavy atom. The second-order valence-corrected chi connectivity index (χ2v) is 6.79. The maximum Gasteiger partial charge on any atom is 0.342 e. The number of esters is 1. The van der Waals surface area contributed by atoms with Crippen LogP contribution >= 0.6 is 0 Å². The lowest BCUT2D eigenvalue weighted by atomic mass is 10.0. The molecule has 0 saturated carbocycles. The minimum absolute atomic E-state index is 0.0102. The van der Waals surface area contributed by atoms with Crippen LogP contribution in [0.5, 0.6) is 0 Å². The Balaban J connectivity index is 2.52. The number of aromatic nitrogens is 2. The standard InChI is InChI=1S/C19H22N4O5/c1-5-6-7-11-8-9-13-12(10-11)16-14(18(24)22(13)23(26)27)15(19(25)28-4)17(20-16)21(2)3/h8-10,20H,5-7H2,1-4H3. The van der Waals surface area contributed by atoms with E-state index in [1.807, 2.05) is 6.07 Å². The monoisotopic (exact) mass is 386 g/mol. The average Bonchev–Trinajstić information content (AvgIpc) is 3.07. The molecular weight excluding hydrogens is 364 g/mol. The summed E-state index contributed by atoms with van der Waals surface area (Å²) in [7, 11) is 4.62. The second-order valence-electron chi connectivity index (χ2n) is 6.79. The van der Waals surface area contributed by atoms with Crippen molar-refractivity contribution in [3.05, 3.63) is 49.8 Å². The number of aryl methyl sites for hydroxylation is 1. The molecule has 0 amide bonds. The van der Waals surface area contributed by atoms with Gasteiger partial charge in [-0.1, -0.05) is 19.4 Å². The number of methoxy groups -OCH3 is 1. The number of hydrogen-bond donors (Lipinski definition) is 1. The van der Waals surface area contributed by atoms with E-state index in [1.54, 1.807) is 31.1 Å². The summed E-state index contributed by atoms with van der Waals surface area (Å²) in [5.74, 6) is -0.372. The van der Waals surface area contributed by atoms with Crippen LogP contribution in [0.3, 0.4) is 0 Å².